The Hall–Kier alpha value is -3.02. The van der Waals surface area contributed by atoms with Crippen molar-refractivity contribution < 1.29 is 14.3 Å². The number of hydrogen-bond acceptors (Lipinski definition) is 3. The lowest BCUT2D eigenvalue weighted by atomic mass is 9.72. The van der Waals surface area contributed by atoms with E-state index in [0.717, 1.165) is 30.6 Å². The molecule has 0 saturated heterocycles. The SMILES string of the molecule is CCN(C)C(=O)c1cccc(NC(=O)NC2(c3cccc(OC)c3)CCC2)c1. The van der Waals surface area contributed by atoms with Crippen molar-refractivity contribution in [3.05, 3.63) is 59.7 Å². The molecule has 6 heteroatoms. The van der Waals surface area contributed by atoms with E-state index in [-0.39, 0.29) is 17.5 Å². The highest BCUT2D eigenvalue weighted by Crippen LogP contribution is 2.42. The first kappa shape index (κ1) is 19.7. The van der Waals surface area contributed by atoms with Gasteiger partial charge in [0, 0.05) is 24.8 Å². The maximum absolute atomic E-state index is 12.7. The molecule has 2 aromatic rings. The van der Waals surface area contributed by atoms with Crippen LogP contribution in [0.15, 0.2) is 48.5 Å². The van der Waals surface area contributed by atoms with E-state index < -0.39 is 0 Å². The quantitative estimate of drug-likeness (QED) is 0.795. The number of nitrogens with zero attached hydrogens (tertiary/aromatic N) is 1. The third kappa shape index (κ3) is 4.11. The maximum Gasteiger partial charge on any atom is 0.319 e. The van der Waals surface area contributed by atoms with Crippen LogP contribution in [0.5, 0.6) is 5.75 Å². The van der Waals surface area contributed by atoms with Crippen molar-refractivity contribution in [2.75, 3.05) is 26.0 Å². The third-order valence-corrected chi connectivity index (χ3v) is 5.37. The number of ether oxygens (including phenoxy) is 1. The number of rotatable bonds is 6. The molecule has 2 aromatic carbocycles. The van der Waals surface area contributed by atoms with E-state index in [1.807, 2.05) is 31.2 Å². The van der Waals surface area contributed by atoms with Gasteiger partial charge in [-0.3, -0.25) is 4.79 Å². The van der Waals surface area contributed by atoms with E-state index in [4.69, 9.17) is 4.74 Å². The van der Waals surface area contributed by atoms with E-state index >= 15 is 0 Å². The van der Waals surface area contributed by atoms with Crippen LogP contribution in [0, 0.1) is 0 Å². The molecule has 0 bridgehead atoms. The average Bonchev–Trinajstić information content (AvgIpc) is 2.69. The van der Waals surface area contributed by atoms with Crippen LogP contribution in [0.3, 0.4) is 0 Å². The second-order valence-electron chi connectivity index (χ2n) is 7.15. The molecule has 148 valence electrons. The molecule has 28 heavy (non-hydrogen) atoms. The molecular formula is C22H27N3O3. The highest BCUT2D eigenvalue weighted by molar-refractivity contribution is 5.96. The number of nitrogens with one attached hydrogen (secondary N) is 2. The molecule has 3 rings (SSSR count). The van der Waals surface area contributed by atoms with Crippen LogP contribution in [0.25, 0.3) is 0 Å². The Morgan fingerprint density at radius 3 is 2.54 bits per heavy atom. The standard InChI is InChI=1S/C22H27N3O3/c1-4-25(2)20(26)16-8-5-10-18(14-16)23-21(27)24-22(12-7-13-22)17-9-6-11-19(15-17)28-3/h5-6,8-11,14-15H,4,7,12-13H2,1-3H3,(H2,23,24,27). The first-order chi connectivity index (χ1) is 13.5. The van der Waals surface area contributed by atoms with E-state index in [1.165, 1.54) is 0 Å². The number of anilines is 1. The number of urea groups is 1. The summed E-state index contributed by atoms with van der Waals surface area (Å²) >= 11 is 0. The first-order valence-corrected chi connectivity index (χ1v) is 9.56. The van der Waals surface area contributed by atoms with Gasteiger partial charge in [-0.25, -0.2) is 4.79 Å². The molecule has 1 fully saturated rings. The summed E-state index contributed by atoms with van der Waals surface area (Å²) in [4.78, 5) is 26.6. The van der Waals surface area contributed by atoms with Gasteiger partial charge in [-0.2, -0.15) is 0 Å². The summed E-state index contributed by atoms with van der Waals surface area (Å²) in [7, 11) is 3.39. The summed E-state index contributed by atoms with van der Waals surface area (Å²) in [6.07, 6.45) is 2.83. The van der Waals surface area contributed by atoms with Crippen molar-refractivity contribution in [2.45, 2.75) is 31.7 Å². The Kier molecular flexibility index (Phi) is 5.87. The molecule has 3 amide bonds. The zero-order valence-corrected chi connectivity index (χ0v) is 16.6. The molecule has 2 N–H and O–H groups in total. The zero-order chi connectivity index (χ0) is 20.1. The lowest BCUT2D eigenvalue weighted by molar-refractivity contribution is 0.0802. The molecule has 0 spiro atoms. The Morgan fingerprint density at radius 2 is 1.89 bits per heavy atom. The van der Waals surface area contributed by atoms with Crippen molar-refractivity contribution >= 4 is 17.6 Å². The van der Waals surface area contributed by atoms with Crippen LogP contribution in [0.4, 0.5) is 10.5 Å². The van der Waals surface area contributed by atoms with Gasteiger partial charge in [-0.1, -0.05) is 18.2 Å². The van der Waals surface area contributed by atoms with E-state index in [2.05, 4.69) is 10.6 Å². The number of carbonyl (C=O) groups is 2. The predicted molar refractivity (Wildman–Crippen MR) is 110 cm³/mol. The summed E-state index contributed by atoms with van der Waals surface area (Å²) in [5.74, 6) is 0.704. The van der Waals surface area contributed by atoms with E-state index in [1.54, 1.807) is 43.3 Å². The number of benzene rings is 2. The number of carbonyl (C=O) groups excluding carboxylic acids is 2. The van der Waals surface area contributed by atoms with Gasteiger partial charge in [0.05, 0.1) is 12.6 Å². The van der Waals surface area contributed by atoms with Crippen molar-refractivity contribution in [1.29, 1.82) is 0 Å². The Bertz CT molecular complexity index is 862. The maximum atomic E-state index is 12.7. The zero-order valence-electron chi connectivity index (χ0n) is 16.6. The van der Waals surface area contributed by atoms with E-state index in [0.29, 0.717) is 17.8 Å². The molecule has 6 nitrogen and oxygen atoms in total. The molecule has 1 saturated carbocycles. The highest BCUT2D eigenvalue weighted by atomic mass is 16.5. The normalized spacial score (nSPS) is 14.5. The van der Waals surface area contributed by atoms with Crippen molar-refractivity contribution in [3.8, 4) is 5.75 Å². The van der Waals surface area contributed by atoms with Crippen LogP contribution in [-0.4, -0.2) is 37.5 Å². The fraction of sp³-hybridized carbons (Fsp3) is 0.364. The molecule has 0 unspecified atom stereocenters. The van der Waals surface area contributed by atoms with Gasteiger partial charge >= 0.3 is 6.03 Å². The Labute approximate surface area is 165 Å². The summed E-state index contributed by atoms with van der Waals surface area (Å²) < 4.78 is 5.32. The minimum atomic E-state index is -0.380. The molecule has 0 atom stereocenters. The van der Waals surface area contributed by atoms with Crippen LogP contribution >= 0.6 is 0 Å². The third-order valence-electron chi connectivity index (χ3n) is 5.37. The molecule has 1 aliphatic carbocycles. The Morgan fingerprint density at radius 1 is 1.14 bits per heavy atom. The summed E-state index contributed by atoms with van der Waals surface area (Å²) in [5, 5.41) is 5.99. The van der Waals surface area contributed by atoms with Crippen LogP contribution < -0.4 is 15.4 Å². The van der Waals surface area contributed by atoms with Crippen molar-refractivity contribution in [3.63, 3.8) is 0 Å². The molecule has 0 radical (unpaired) electrons. The Balaban J connectivity index is 1.72. The predicted octanol–water partition coefficient (Wildman–Crippen LogP) is 3.99. The van der Waals surface area contributed by atoms with Gasteiger partial charge < -0.3 is 20.3 Å². The largest absolute Gasteiger partial charge is 0.497 e. The minimum absolute atomic E-state index is 0.0709. The molecule has 0 heterocycles. The van der Waals surface area contributed by atoms with Gasteiger partial charge in [0.2, 0.25) is 0 Å². The second-order valence-corrected chi connectivity index (χ2v) is 7.15. The van der Waals surface area contributed by atoms with Gasteiger partial charge in [0.1, 0.15) is 5.75 Å². The van der Waals surface area contributed by atoms with Crippen LogP contribution in [-0.2, 0) is 5.54 Å². The second kappa shape index (κ2) is 8.33. The highest BCUT2D eigenvalue weighted by Gasteiger charge is 2.40. The average molecular weight is 381 g/mol. The topological polar surface area (TPSA) is 70.7 Å². The van der Waals surface area contributed by atoms with Gasteiger partial charge in [0.15, 0.2) is 0 Å². The van der Waals surface area contributed by atoms with Gasteiger partial charge in [-0.15, -0.1) is 0 Å². The van der Waals surface area contributed by atoms with Gasteiger partial charge in [0.25, 0.3) is 5.91 Å². The number of hydrogen-bond donors (Lipinski definition) is 2. The van der Waals surface area contributed by atoms with Crippen molar-refractivity contribution in [1.82, 2.24) is 10.2 Å². The first-order valence-electron chi connectivity index (χ1n) is 9.56. The summed E-state index contributed by atoms with van der Waals surface area (Å²) in [6.45, 7) is 2.55. The monoisotopic (exact) mass is 381 g/mol. The fourth-order valence-corrected chi connectivity index (χ4v) is 3.41. The van der Waals surface area contributed by atoms with E-state index in [9.17, 15) is 9.59 Å². The lowest BCUT2D eigenvalue weighted by Gasteiger charge is -2.43. The molecule has 1 aliphatic rings. The van der Waals surface area contributed by atoms with Crippen LogP contribution in [0.1, 0.15) is 42.1 Å². The summed E-state index contributed by atoms with van der Waals surface area (Å²) in [5.41, 5.74) is 1.80. The number of methoxy groups -OCH3 is 1. The lowest BCUT2D eigenvalue weighted by Crippen LogP contribution is -2.52. The molecule has 0 aliphatic heterocycles. The molecule has 0 aromatic heterocycles. The summed E-state index contributed by atoms with van der Waals surface area (Å²) in [6, 6.07) is 14.5. The minimum Gasteiger partial charge on any atom is -0.497 e. The smallest absolute Gasteiger partial charge is 0.319 e. The fourth-order valence-electron chi connectivity index (χ4n) is 3.41. The molecular weight excluding hydrogens is 354 g/mol. The van der Waals surface area contributed by atoms with Crippen molar-refractivity contribution in [2.24, 2.45) is 0 Å². The number of amides is 3. The van der Waals surface area contributed by atoms with Crippen LogP contribution in [0.2, 0.25) is 0 Å². The van der Waals surface area contributed by atoms with Gasteiger partial charge in [-0.05, 0) is 62.1 Å².